The zero-order valence-corrected chi connectivity index (χ0v) is 7.82. The van der Waals surface area contributed by atoms with E-state index in [0.717, 1.165) is 12.8 Å². The summed E-state index contributed by atoms with van der Waals surface area (Å²) < 4.78 is 4.45. The molecule has 4 heteroatoms. The molecule has 0 heterocycles. The third kappa shape index (κ3) is 9.72. The van der Waals surface area contributed by atoms with Crippen LogP contribution in [-0.4, -0.2) is 19.1 Å². The Balaban J connectivity index is 0. The van der Waals surface area contributed by atoms with E-state index >= 15 is 0 Å². The van der Waals surface area contributed by atoms with Gasteiger partial charge in [-0.15, -0.1) is 12.4 Å². The lowest BCUT2D eigenvalue weighted by Gasteiger charge is -2.02. The molecule has 0 fully saturated rings. The summed E-state index contributed by atoms with van der Waals surface area (Å²) in [5.74, 6) is -0.152. The Labute approximate surface area is 73.7 Å². The minimum Gasteiger partial charge on any atom is -0.469 e. The molecule has 0 aromatic carbocycles. The summed E-state index contributed by atoms with van der Waals surface area (Å²) in [6, 6.07) is 0.185. The molecule has 11 heavy (non-hydrogen) atoms. The summed E-state index contributed by atoms with van der Waals surface area (Å²) in [6.45, 7) is 1.93. The number of hydrogen-bond acceptors (Lipinski definition) is 3. The van der Waals surface area contributed by atoms with Crippen molar-refractivity contribution in [2.45, 2.75) is 32.2 Å². The fourth-order valence-corrected chi connectivity index (χ4v) is 0.670. The number of rotatable bonds is 4. The number of esters is 1. The van der Waals surface area contributed by atoms with Crippen LogP contribution < -0.4 is 5.73 Å². The molecular weight excluding hydrogens is 166 g/mol. The van der Waals surface area contributed by atoms with E-state index in [4.69, 9.17) is 5.73 Å². The van der Waals surface area contributed by atoms with Gasteiger partial charge in [0.25, 0.3) is 0 Å². The zero-order chi connectivity index (χ0) is 7.98. The average Bonchev–Trinajstić information content (AvgIpc) is 1.87. The van der Waals surface area contributed by atoms with E-state index in [0.29, 0.717) is 6.42 Å². The molecule has 0 aliphatic rings. The number of methoxy groups -OCH3 is 1. The van der Waals surface area contributed by atoms with Crippen molar-refractivity contribution in [2.24, 2.45) is 5.73 Å². The smallest absolute Gasteiger partial charge is 0.305 e. The molecule has 0 spiro atoms. The summed E-state index contributed by atoms with van der Waals surface area (Å²) >= 11 is 0. The van der Waals surface area contributed by atoms with E-state index in [1.54, 1.807) is 0 Å². The van der Waals surface area contributed by atoms with Gasteiger partial charge in [0.1, 0.15) is 0 Å². The third-order valence-electron chi connectivity index (χ3n) is 1.27. The standard InChI is InChI=1S/C7H15NO2.ClH/c1-6(8)4-3-5-7(9)10-2;/h6H,3-5,8H2,1-2H3;1H. The molecule has 0 aromatic rings. The van der Waals surface area contributed by atoms with Gasteiger partial charge in [-0.1, -0.05) is 0 Å². The van der Waals surface area contributed by atoms with Crippen molar-refractivity contribution in [1.82, 2.24) is 0 Å². The second kappa shape index (κ2) is 7.82. The number of carbonyl (C=O) groups is 1. The molecule has 68 valence electrons. The number of halogens is 1. The molecule has 0 bridgehead atoms. The second-order valence-electron chi connectivity index (χ2n) is 2.45. The predicted molar refractivity (Wildman–Crippen MR) is 46.8 cm³/mol. The first-order chi connectivity index (χ1) is 4.66. The minimum absolute atomic E-state index is 0. The van der Waals surface area contributed by atoms with Crippen LogP contribution >= 0.6 is 12.4 Å². The van der Waals surface area contributed by atoms with Crippen LogP contribution in [0.15, 0.2) is 0 Å². The van der Waals surface area contributed by atoms with Crippen LogP contribution in [0.5, 0.6) is 0 Å². The summed E-state index contributed by atoms with van der Waals surface area (Å²) in [5.41, 5.74) is 5.47. The fourth-order valence-electron chi connectivity index (χ4n) is 0.670. The van der Waals surface area contributed by atoms with Crippen LogP contribution in [-0.2, 0) is 9.53 Å². The Kier molecular flexibility index (Phi) is 9.47. The number of hydrogen-bond donors (Lipinski definition) is 1. The van der Waals surface area contributed by atoms with E-state index in [2.05, 4.69) is 4.74 Å². The molecule has 3 nitrogen and oxygen atoms in total. The molecular formula is C7H16ClNO2. The lowest BCUT2D eigenvalue weighted by Crippen LogP contribution is -2.14. The first-order valence-corrected chi connectivity index (χ1v) is 3.49. The average molecular weight is 182 g/mol. The minimum atomic E-state index is -0.152. The van der Waals surface area contributed by atoms with Gasteiger partial charge in [0.15, 0.2) is 0 Å². The third-order valence-corrected chi connectivity index (χ3v) is 1.27. The lowest BCUT2D eigenvalue weighted by atomic mass is 10.1. The summed E-state index contributed by atoms with van der Waals surface area (Å²) in [6.07, 6.45) is 2.19. The van der Waals surface area contributed by atoms with Gasteiger partial charge in [0.05, 0.1) is 7.11 Å². The molecule has 0 saturated heterocycles. The fraction of sp³-hybridized carbons (Fsp3) is 0.857. The molecule has 0 radical (unpaired) electrons. The van der Waals surface area contributed by atoms with Gasteiger partial charge >= 0.3 is 5.97 Å². The van der Waals surface area contributed by atoms with Crippen LogP contribution in [0.4, 0.5) is 0 Å². The van der Waals surface area contributed by atoms with Gasteiger partial charge in [-0.05, 0) is 19.8 Å². The Hall–Kier alpha value is -0.280. The van der Waals surface area contributed by atoms with Crippen LogP contribution in [0.2, 0.25) is 0 Å². The van der Waals surface area contributed by atoms with E-state index < -0.39 is 0 Å². The second-order valence-corrected chi connectivity index (χ2v) is 2.45. The van der Waals surface area contributed by atoms with Crippen molar-refractivity contribution in [3.05, 3.63) is 0 Å². The van der Waals surface area contributed by atoms with Crippen molar-refractivity contribution in [2.75, 3.05) is 7.11 Å². The highest BCUT2D eigenvalue weighted by Crippen LogP contribution is 1.98. The van der Waals surface area contributed by atoms with E-state index in [9.17, 15) is 4.79 Å². The van der Waals surface area contributed by atoms with Gasteiger partial charge in [-0.25, -0.2) is 0 Å². The maximum atomic E-state index is 10.5. The van der Waals surface area contributed by atoms with Crippen molar-refractivity contribution in [3.63, 3.8) is 0 Å². The largest absolute Gasteiger partial charge is 0.469 e. The Bertz CT molecular complexity index is 107. The molecule has 2 N–H and O–H groups in total. The Morgan fingerprint density at radius 3 is 2.55 bits per heavy atom. The van der Waals surface area contributed by atoms with Crippen LogP contribution in [0.1, 0.15) is 26.2 Å². The van der Waals surface area contributed by atoms with Gasteiger partial charge in [-0.3, -0.25) is 4.79 Å². The first kappa shape index (κ1) is 13.3. The molecule has 0 aromatic heterocycles. The number of carbonyl (C=O) groups excluding carboxylic acids is 1. The summed E-state index contributed by atoms with van der Waals surface area (Å²) in [5, 5.41) is 0. The van der Waals surface area contributed by atoms with E-state index in [-0.39, 0.29) is 24.4 Å². The van der Waals surface area contributed by atoms with E-state index in [1.165, 1.54) is 7.11 Å². The van der Waals surface area contributed by atoms with Gasteiger partial charge in [-0.2, -0.15) is 0 Å². The normalized spacial score (nSPS) is 11.5. The van der Waals surface area contributed by atoms with Gasteiger partial charge < -0.3 is 10.5 Å². The maximum Gasteiger partial charge on any atom is 0.305 e. The monoisotopic (exact) mass is 181 g/mol. The molecule has 0 rings (SSSR count). The molecule has 0 aliphatic carbocycles. The highest BCUT2D eigenvalue weighted by atomic mass is 35.5. The zero-order valence-electron chi connectivity index (χ0n) is 7.00. The van der Waals surface area contributed by atoms with Gasteiger partial charge in [0, 0.05) is 12.5 Å². The number of ether oxygens (including phenoxy) is 1. The van der Waals surface area contributed by atoms with Crippen LogP contribution in [0.3, 0.4) is 0 Å². The molecule has 0 amide bonds. The van der Waals surface area contributed by atoms with Crippen molar-refractivity contribution in [1.29, 1.82) is 0 Å². The molecule has 0 saturated carbocycles. The first-order valence-electron chi connectivity index (χ1n) is 3.49. The van der Waals surface area contributed by atoms with Crippen LogP contribution in [0.25, 0.3) is 0 Å². The Morgan fingerprint density at radius 2 is 2.18 bits per heavy atom. The van der Waals surface area contributed by atoms with Crippen LogP contribution in [0, 0.1) is 0 Å². The quantitative estimate of drug-likeness (QED) is 0.661. The molecule has 1 unspecified atom stereocenters. The summed E-state index contributed by atoms with van der Waals surface area (Å²) in [7, 11) is 1.40. The lowest BCUT2D eigenvalue weighted by molar-refractivity contribution is -0.140. The van der Waals surface area contributed by atoms with Crippen molar-refractivity contribution < 1.29 is 9.53 Å². The Morgan fingerprint density at radius 1 is 1.64 bits per heavy atom. The van der Waals surface area contributed by atoms with Crippen molar-refractivity contribution >= 4 is 18.4 Å². The topological polar surface area (TPSA) is 52.3 Å². The van der Waals surface area contributed by atoms with Gasteiger partial charge in [0.2, 0.25) is 0 Å². The predicted octanol–water partition coefficient (Wildman–Crippen LogP) is 1.10. The highest BCUT2D eigenvalue weighted by Gasteiger charge is 2.00. The van der Waals surface area contributed by atoms with E-state index in [1.807, 2.05) is 6.92 Å². The number of nitrogens with two attached hydrogens (primary N) is 1. The van der Waals surface area contributed by atoms with Crippen molar-refractivity contribution in [3.8, 4) is 0 Å². The SMILES string of the molecule is COC(=O)CCCC(C)N.Cl. The molecule has 1 atom stereocenters. The molecule has 0 aliphatic heterocycles. The summed E-state index contributed by atoms with van der Waals surface area (Å²) in [4.78, 5) is 10.5. The maximum absolute atomic E-state index is 10.5. The highest BCUT2D eigenvalue weighted by molar-refractivity contribution is 5.85.